The van der Waals surface area contributed by atoms with Crippen molar-refractivity contribution in [2.75, 3.05) is 25.7 Å². The number of rotatable bonds is 3. The van der Waals surface area contributed by atoms with E-state index in [1.165, 1.54) is 0 Å². The fraction of sp³-hybridized carbons (Fsp3) is 0.667. The summed E-state index contributed by atoms with van der Waals surface area (Å²) in [7, 11) is 3.45. The van der Waals surface area contributed by atoms with Crippen LogP contribution in [0.4, 0.5) is 0 Å². The highest BCUT2D eigenvalue weighted by molar-refractivity contribution is 7.99. The first-order valence-corrected chi connectivity index (χ1v) is 6.91. The molecule has 17 heavy (non-hydrogen) atoms. The lowest BCUT2D eigenvalue weighted by molar-refractivity contribution is -0.139. The summed E-state index contributed by atoms with van der Waals surface area (Å²) in [6.45, 7) is 3.81. The molecule has 96 valence electrons. The van der Waals surface area contributed by atoms with Gasteiger partial charge in [0.25, 0.3) is 5.91 Å². The van der Waals surface area contributed by atoms with Crippen molar-refractivity contribution in [1.29, 1.82) is 0 Å². The number of hydrogen-bond donors (Lipinski definition) is 0. The summed E-state index contributed by atoms with van der Waals surface area (Å²) >= 11 is 1.63. The van der Waals surface area contributed by atoms with Gasteiger partial charge in [-0.25, -0.2) is 0 Å². The van der Waals surface area contributed by atoms with E-state index < -0.39 is 0 Å². The molecule has 0 aliphatic carbocycles. The van der Waals surface area contributed by atoms with Crippen LogP contribution >= 0.6 is 11.8 Å². The highest BCUT2D eigenvalue weighted by atomic mass is 32.2. The predicted molar refractivity (Wildman–Crippen MR) is 70.7 cm³/mol. The SMILES string of the molecule is CC/C=C(\C)C(=O)N1CSC[C@@H]1C(=O)N(C)C. The number of likely N-dealkylation sites (N-methyl/N-ethyl adjacent to an activating group) is 1. The molecule has 4 nitrogen and oxygen atoms in total. The lowest BCUT2D eigenvalue weighted by atomic mass is 10.2. The molecule has 0 radical (unpaired) electrons. The van der Waals surface area contributed by atoms with E-state index in [1.54, 1.807) is 35.7 Å². The van der Waals surface area contributed by atoms with Crippen LogP contribution in [0, 0.1) is 0 Å². The standard InChI is InChI=1S/C12H20N2O2S/c1-5-6-9(2)11(15)14-8-17-7-10(14)12(16)13(3)4/h6,10H,5,7-8H2,1-4H3/b9-6+/t10-/m1/s1. The van der Waals surface area contributed by atoms with Crippen molar-refractivity contribution >= 4 is 23.6 Å². The molecule has 0 aromatic heterocycles. The van der Waals surface area contributed by atoms with Crippen LogP contribution in [0.3, 0.4) is 0 Å². The van der Waals surface area contributed by atoms with E-state index in [-0.39, 0.29) is 17.9 Å². The average molecular weight is 256 g/mol. The smallest absolute Gasteiger partial charge is 0.250 e. The first kappa shape index (κ1) is 14.1. The van der Waals surface area contributed by atoms with Gasteiger partial charge in [-0.3, -0.25) is 9.59 Å². The van der Waals surface area contributed by atoms with Crippen LogP contribution < -0.4 is 0 Å². The minimum atomic E-state index is -0.303. The first-order valence-electron chi connectivity index (χ1n) is 5.75. The van der Waals surface area contributed by atoms with E-state index in [9.17, 15) is 9.59 Å². The Morgan fingerprint density at radius 1 is 1.47 bits per heavy atom. The molecule has 1 heterocycles. The summed E-state index contributed by atoms with van der Waals surface area (Å²) in [6, 6.07) is -0.303. The molecule has 1 fully saturated rings. The van der Waals surface area contributed by atoms with Crippen LogP contribution in [-0.2, 0) is 9.59 Å². The number of amides is 2. The number of nitrogens with zero attached hydrogens (tertiary/aromatic N) is 2. The summed E-state index contributed by atoms with van der Waals surface area (Å²) in [5.41, 5.74) is 0.728. The van der Waals surface area contributed by atoms with Crippen molar-refractivity contribution < 1.29 is 9.59 Å². The van der Waals surface area contributed by atoms with Crippen LogP contribution in [0.5, 0.6) is 0 Å². The van der Waals surface area contributed by atoms with E-state index in [2.05, 4.69) is 0 Å². The van der Waals surface area contributed by atoms with Crippen LogP contribution in [0.25, 0.3) is 0 Å². The van der Waals surface area contributed by atoms with Gasteiger partial charge in [0.05, 0.1) is 5.88 Å². The van der Waals surface area contributed by atoms with Crippen molar-refractivity contribution in [3.8, 4) is 0 Å². The Hall–Kier alpha value is -0.970. The average Bonchev–Trinajstić information content (AvgIpc) is 2.75. The normalized spacial score (nSPS) is 20.6. The Morgan fingerprint density at radius 2 is 2.12 bits per heavy atom. The van der Waals surface area contributed by atoms with E-state index in [0.29, 0.717) is 11.6 Å². The second-order valence-corrected chi connectivity index (χ2v) is 5.32. The van der Waals surface area contributed by atoms with Gasteiger partial charge in [0.2, 0.25) is 5.91 Å². The minimum absolute atomic E-state index is 0.00708. The number of allylic oxidation sites excluding steroid dienone is 1. The lowest BCUT2D eigenvalue weighted by Crippen LogP contribution is -2.47. The van der Waals surface area contributed by atoms with Crippen molar-refractivity contribution in [3.63, 3.8) is 0 Å². The van der Waals surface area contributed by atoms with Crippen LogP contribution in [-0.4, -0.2) is 53.4 Å². The molecule has 0 unspecified atom stereocenters. The Balaban J connectivity index is 2.79. The van der Waals surface area contributed by atoms with E-state index in [1.807, 2.05) is 19.9 Å². The van der Waals surface area contributed by atoms with Crippen LogP contribution in [0.15, 0.2) is 11.6 Å². The molecule has 2 amide bonds. The maximum atomic E-state index is 12.1. The third-order valence-corrected chi connectivity index (χ3v) is 3.73. The Kier molecular flexibility index (Phi) is 5.05. The molecule has 1 saturated heterocycles. The summed E-state index contributed by atoms with van der Waals surface area (Å²) < 4.78 is 0. The number of carbonyl (C=O) groups excluding carboxylic acids is 2. The number of carbonyl (C=O) groups is 2. The van der Waals surface area contributed by atoms with Crippen molar-refractivity contribution in [1.82, 2.24) is 9.80 Å². The van der Waals surface area contributed by atoms with Crippen molar-refractivity contribution in [2.24, 2.45) is 0 Å². The van der Waals surface area contributed by atoms with Gasteiger partial charge in [-0.15, -0.1) is 11.8 Å². The molecule has 0 saturated carbocycles. The van der Waals surface area contributed by atoms with Crippen LogP contribution in [0.2, 0.25) is 0 Å². The topological polar surface area (TPSA) is 40.6 Å². The maximum Gasteiger partial charge on any atom is 0.250 e. The summed E-state index contributed by atoms with van der Waals surface area (Å²) in [5.74, 6) is 1.30. The summed E-state index contributed by atoms with van der Waals surface area (Å²) in [5, 5.41) is 0. The highest BCUT2D eigenvalue weighted by Gasteiger charge is 2.35. The minimum Gasteiger partial charge on any atom is -0.347 e. The van der Waals surface area contributed by atoms with E-state index in [0.717, 1.165) is 12.0 Å². The molecule has 0 aromatic carbocycles. The summed E-state index contributed by atoms with van der Waals surface area (Å²) in [4.78, 5) is 27.3. The van der Waals surface area contributed by atoms with E-state index >= 15 is 0 Å². The lowest BCUT2D eigenvalue weighted by Gasteiger charge is -2.25. The molecule has 1 rings (SSSR count). The highest BCUT2D eigenvalue weighted by Crippen LogP contribution is 2.23. The molecule has 1 aliphatic heterocycles. The van der Waals surface area contributed by atoms with Crippen LogP contribution in [0.1, 0.15) is 20.3 Å². The van der Waals surface area contributed by atoms with Crippen molar-refractivity contribution in [3.05, 3.63) is 11.6 Å². The molecule has 1 atom stereocenters. The van der Waals surface area contributed by atoms with Gasteiger partial charge >= 0.3 is 0 Å². The second kappa shape index (κ2) is 6.10. The predicted octanol–water partition coefficient (Wildman–Crippen LogP) is 1.33. The third kappa shape index (κ3) is 3.25. The maximum absolute atomic E-state index is 12.1. The largest absolute Gasteiger partial charge is 0.347 e. The van der Waals surface area contributed by atoms with Gasteiger partial charge in [0.15, 0.2) is 0 Å². The van der Waals surface area contributed by atoms with Gasteiger partial charge in [-0.2, -0.15) is 0 Å². The molecule has 1 aliphatic rings. The van der Waals surface area contributed by atoms with Gasteiger partial charge in [0.1, 0.15) is 6.04 Å². The Labute approximate surface area is 107 Å². The molecular formula is C12H20N2O2S. The molecular weight excluding hydrogens is 236 g/mol. The third-order valence-electron chi connectivity index (χ3n) is 2.72. The van der Waals surface area contributed by atoms with Crippen molar-refractivity contribution in [2.45, 2.75) is 26.3 Å². The van der Waals surface area contributed by atoms with Gasteiger partial charge in [-0.05, 0) is 13.3 Å². The quantitative estimate of drug-likeness (QED) is 0.715. The van der Waals surface area contributed by atoms with E-state index in [4.69, 9.17) is 0 Å². The molecule has 5 heteroatoms. The number of thioether (sulfide) groups is 1. The molecule has 0 N–H and O–H groups in total. The monoisotopic (exact) mass is 256 g/mol. The fourth-order valence-corrected chi connectivity index (χ4v) is 2.91. The number of hydrogen-bond acceptors (Lipinski definition) is 3. The zero-order valence-corrected chi connectivity index (χ0v) is 11.7. The van der Waals surface area contributed by atoms with Gasteiger partial charge in [0, 0.05) is 25.4 Å². The molecule has 0 bridgehead atoms. The fourth-order valence-electron chi connectivity index (χ4n) is 1.77. The van der Waals surface area contributed by atoms with Gasteiger partial charge in [-0.1, -0.05) is 13.0 Å². The van der Waals surface area contributed by atoms with Gasteiger partial charge < -0.3 is 9.80 Å². The summed E-state index contributed by atoms with van der Waals surface area (Å²) in [6.07, 6.45) is 2.74. The Morgan fingerprint density at radius 3 is 2.65 bits per heavy atom. The Bertz CT molecular complexity index is 339. The first-order chi connectivity index (χ1) is 7.99. The molecule has 0 spiro atoms. The second-order valence-electron chi connectivity index (χ2n) is 4.32. The zero-order valence-electron chi connectivity index (χ0n) is 10.9. The molecule has 0 aromatic rings. The zero-order chi connectivity index (χ0) is 13.0.